The molecule has 5 heteroatoms. The van der Waals surface area contributed by atoms with Crippen molar-refractivity contribution < 1.29 is 24.5 Å². The van der Waals surface area contributed by atoms with Crippen molar-refractivity contribution in [1.29, 1.82) is 0 Å². The average Bonchev–Trinajstić information content (AvgIpc) is 3.25. The number of hydrogen-bond acceptors (Lipinski definition) is 5. The van der Waals surface area contributed by atoms with Gasteiger partial charge >= 0.3 is 0 Å². The van der Waals surface area contributed by atoms with Gasteiger partial charge in [-0.05, 0) is 87.0 Å². The zero-order valence-electron chi connectivity index (χ0n) is 18.6. The van der Waals surface area contributed by atoms with Crippen LogP contribution in [0.15, 0.2) is 24.3 Å². The van der Waals surface area contributed by atoms with E-state index < -0.39 is 0 Å². The molecule has 168 valence electrons. The van der Waals surface area contributed by atoms with E-state index in [1.807, 2.05) is 18.2 Å². The van der Waals surface area contributed by atoms with Gasteiger partial charge in [0.05, 0.1) is 6.10 Å². The van der Waals surface area contributed by atoms with E-state index in [0.29, 0.717) is 38.0 Å². The highest BCUT2D eigenvalue weighted by Gasteiger charge is 2.20. The fourth-order valence-electron chi connectivity index (χ4n) is 3.94. The van der Waals surface area contributed by atoms with Crippen molar-refractivity contribution >= 4 is 5.78 Å². The molecule has 1 saturated carbocycles. The lowest BCUT2D eigenvalue weighted by Gasteiger charge is -2.18. The predicted octanol–water partition coefficient (Wildman–Crippen LogP) is 4.76. The molecule has 1 atom stereocenters. The third-order valence-corrected chi connectivity index (χ3v) is 5.84. The van der Waals surface area contributed by atoms with Crippen LogP contribution in [0.25, 0.3) is 0 Å². The maximum Gasteiger partial charge on any atom is 0.161 e. The SMILES string of the molecule is CC[C@H](/C=C/C(=O)CCc1cc(CCCOC)c(O)c(OC2CCCC2)c1)CCO. The Kier molecular flexibility index (Phi) is 11.0. The molecule has 0 aromatic heterocycles. The van der Waals surface area contributed by atoms with Crippen LogP contribution in [0.1, 0.15) is 69.4 Å². The number of methoxy groups -OCH3 is 1. The van der Waals surface area contributed by atoms with Gasteiger partial charge in [0.15, 0.2) is 17.3 Å². The van der Waals surface area contributed by atoms with Crippen LogP contribution in [0, 0.1) is 5.92 Å². The molecule has 1 aliphatic carbocycles. The number of phenolic OH excluding ortho intramolecular Hbond substituents is 1. The van der Waals surface area contributed by atoms with Gasteiger partial charge in [-0.2, -0.15) is 0 Å². The average molecular weight is 419 g/mol. The molecule has 30 heavy (non-hydrogen) atoms. The van der Waals surface area contributed by atoms with Crippen LogP contribution in [0.2, 0.25) is 0 Å². The van der Waals surface area contributed by atoms with Crippen LogP contribution in [0.5, 0.6) is 11.5 Å². The maximum atomic E-state index is 12.3. The molecule has 1 fully saturated rings. The Morgan fingerprint density at radius 2 is 2.03 bits per heavy atom. The molecule has 1 aromatic carbocycles. The monoisotopic (exact) mass is 418 g/mol. The molecule has 1 aliphatic rings. The van der Waals surface area contributed by atoms with Crippen molar-refractivity contribution in [2.24, 2.45) is 5.92 Å². The summed E-state index contributed by atoms with van der Waals surface area (Å²) in [6.45, 7) is 2.83. The van der Waals surface area contributed by atoms with Crippen molar-refractivity contribution in [3.8, 4) is 11.5 Å². The molecule has 0 saturated heterocycles. The van der Waals surface area contributed by atoms with Crippen LogP contribution in [0.3, 0.4) is 0 Å². The Bertz CT molecular complexity index is 676. The van der Waals surface area contributed by atoms with E-state index in [2.05, 4.69) is 6.92 Å². The molecule has 0 bridgehead atoms. The summed E-state index contributed by atoms with van der Waals surface area (Å²) in [6, 6.07) is 3.88. The van der Waals surface area contributed by atoms with Crippen molar-refractivity contribution in [2.75, 3.05) is 20.3 Å². The molecular formula is C25H38O5. The zero-order valence-corrected chi connectivity index (χ0v) is 18.6. The third kappa shape index (κ3) is 8.11. The first-order valence-electron chi connectivity index (χ1n) is 11.4. The molecule has 2 rings (SSSR count). The topological polar surface area (TPSA) is 76.0 Å². The van der Waals surface area contributed by atoms with Gasteiger partial charge in [-0.1, -0.05) is 19.1 Å². The van der Waals surface area contributed by atoms with E-state index in [9.17, 15) is 9.90 Å². The Morgan fingerprint density at radius 1 is 1.27 bits per heavy atom. The van der Waals surface area contributed by atoms with Gasteiger partial charge in [-0.15, -0.1) is 0 Å². The summed E-state index contributed by atoms with van der Waals surface area (Å²) < 4.78 is 11.3. The lowest BCUT2D eigenvalue weighted by molar-refractivity contribution is -0.114. The minimum absolute atomic E-state index is 0.0821. The number of carbonyl (C=O) groups excluding carboxylic acids is 1. The van der Waals surface area contributed by atoms with Crippen LogP contribution in [0.4, 0.5) is 0 Å². The van der Waals surface area contributed by atoms with E-state index in [1.54, 1.807) is 13.2 Å². The highest BCUT2D eigenvalue weighted by atomic mass is 16.5. The Balaban J connectivity index is 2.06. The molecule has 1 aromatic rings. The second-order valence-corrected chi connectivity index (χ2v) is 8.23. The number of aryl methyl sites for hydroxylation is 2. The van der Waals surface area contributed by atoms with E-state index >= 15 is 0 Å². The van der Waals surface area contributed by atoms with Gasteiger partial charge in [-0.25, -0.2) is 0 Å². The van der Waals surface area contributed by atoms with Crippen LogP contribution >= 0.6 is 0 Å². The summed E-state index contributed by atoms with van der Waals surface area (Å²) in [5.74, 6) is 1.09. The van der Waals surface area contributed by atoms with Crippen molar-refractivity contribution in [2.45, 2.75) is 77.2 Å². The van der Waals surface area contributed by atoms with Gasteiger partial charge in [0.25, 0.3) is 0 Å². The summed E-state index contributed by atoms with van der Waals surface area (Å²) >= 11 is 0. The van der Waals surface area contributed by atoms with E-state index in [1.165, 1.54) is 12.8 Å². The van der Waals surface area contributed by atoms with Gasteiger partial charge in [0.2, 0.25) is 0 Å². The highest BCUT2D eigenvalue weighted by molar-refractivity contribution is 5.89. The second-order valence-electron chi connectivity index (χ2n) is 8.23. The first-order valence-corrected chi connectivity index (χ1v) is 11.4. The minimum Gasteiger partial charge on any atom is -0.504 e. The highest BCUT2D eigenvalue weighted by Crippen LogP contribution is 2.36. The van der Waals surface area contributed by atoms with Crippen LogP contribution in [-0.2, 0) is 22.4 Å². The van der Waals surface area contributed by atoms with Gasteiger partial charge < -0.3 is 19.7 Å². The predicted molar refractivity (Wildman–Crippen MR) is 119 cm³/mol. The van der Waals surface area contributed by atoms with Crippen molar-refractivity contribution in [3.05, 3.63) is 35.4 Å². The first kappa shape index (κ1) is 24.4. The van der Waals surface area contributed by atoms with E-state index in [0.717, 1.165) is 36.8 Å². The Labute approximate surface area is 181 Å². The molecule has 0 amide bonds. The Morgan fingerprint density at radius 3 is 2.70 bits per heavy atom. The molecule has 0 unspecified atom stereocenters. The molecule has 5 nitrogen and oxygen atoms in total. The van der Waals surface area contributed by atoms with Gasteiger partial charge in [-0.3, -0.25) is 4.79 Å². The smallest absolute Gasteiger partial charge is 0.161 e. The number of hydrogen-bond donors (Lipinski definition) is 2. The quantitative estimate of drug-likeness (QED) is 0.336. The molecular weight excluding hydrogens is 380 g/mol. The summed E-state index contributed by atoms with van der Waals surface area (Å²) in [7, 11) is 1.67. The van der Waals surface area contributed by atoms with Crippen molar-refractivity contribution in [1.82, 2.24) is 0 Å². The number of allylic oxidation sites excluding steroid dienone is 2. The molecule has 0 aliphatic heterocycles. The number of ketones is 1. The van der Waals surface area contributed by atoms with Crippen molar-refractivity contribution in [3.63, 3.8) is 0 Å². The fraction of sp³-hybridized carbons (Fsp3) is 0.640. The molecule has 0 radical (unpaired) electrons. The summed E-state index contributed by atoms with van der Waals surface area (Å²) in [6.07, 6.45) is 12.3. The number of rotatable bonds is 14. The minimum atomic E-state index is 0.0821. The van der Waals surface area contributed by atoms with Crippen LogP contribution in [-0.4, -0.2) is 42.4 Å². The standard InChI is InChI=1S/C25H38O5/c1-3-19(14-15-26)10-12-22(27)13-11-20-17-21(7-6-16-29-2)25(28)24(18-20)30-23-8-4-5-9-23/h10,12,17-19,23,26,28H,3-9,11,13-16H2,1-2H3/b12-10+/t19-/m1/s1. The van der Waals surface area contributed by atoms with E-state index in [-0.39, 0.29) is 30.2 Å². The zero-order chi connectivity index (χ0) is 21.8. The van der Waals surface area contributed by atoms with E-state index in [4.69, 9.17) is 14.6 Å². The number of benzene rings is 1. The third-order valence-electron chi connectivity index (χ3n) is 5.84. The summed E-state index contributed by atoms with van der Waals surface area (Å²) in [5, 5.41) is 19.8. The van der Waals surface area contributed by atoms with Crippen LogP contribution < -0.4 is 4.74 Å². The molecule has 0 heterocycles. The lowest BCUT2D eigenvalue weighted by Crippen LogP contribution is -2.12. The second kappa shape index (κ2) is 13.5. The number of aliphatic hydroxyl groups is 1. The number of aliphatic hydroxyl groups excluding tert-OH is 1. The number of aromatic hydroxyl groups is 1. The van der Waals surface area contributed by atoms with Gasteiger partial charge in [0, 0.05) is 26.7 Å². The summed E-state index contributed by atoms with van der Waals surface area (Å²) in [4.78, 5) is 12.3. The maximum absolute atomic E-state index is 12.3. The number of ether oxygens (including phenoxy) is 2. The number of phenols is 1. The largest absolute Gasteiger partial charge is 0.504 e. The lowest BCUT2D eigenvalue weighted by atomic mass is 9.99. The number of carbonyl (C=O) groups is 1. The Hall–Kier alpha value is -1.85. The fourth-order valence-corrected chi connectivity index (χ4v) is 3.94. The normalized spacial score (nSPS) is 15.7. The molecule has 0 spiro atoms. The first-order chi connectivity index (χ1) is 14.6. The summed E-state index contributed by atoms with van der Waals surface area (Å²) in [5.41, 5.74) is 1.87. The molecule has 2 N–H and O–H groups in total. The van der Waals surface area contributed by atoms with Gasteiger partial charge in [0.1, 0.15) is 0 Å².